The Hall–Kier alpha value is -3.22. The topological polar surface area (TPSA) is 101 Å². The average molecular weight is 327 g/mol. The first-order valence-electron chi connectivity index (χ1n) is 7.26. The lowest BCUT2D eigenvalue weighted by Crippen LogP contribution is -2.23. The van der Waals surface area contributed by atoms with Gasteiger partial charge in [-0.2, -0.15) is 0 Å². The van der Waals surface area contributed by atoms with Crippen LogP contribution in [0.5, 0.6) is 0 Å². The summed E-state index contributed by atoms with van der Waals surface area (Å²) in [7, 11) is 0. The predicted molar refractivity (Wildman–Crippen MR) is 89.7 cm³/mol. The molecule has 2 amide bonds. The Bertz CT molecular complexity index is 802. The van der Waals surface area contributed by atoms with Crippen LogP contribution in [0.15, 0.2) is 42.5 Å². The monoisotopic (exact) mass is 327 g/mol. The zero-order chi connectivity index (χ0) is 17.7. The summed E-state index contributed by atoms with van der Waals surface area (Å²) >= 11 is 0. The largest absolute Gasteiger partial charge is 0.348 e. The molecule has 0 aliphatic heterocycles. The van der Waals surface area contributed by atoms with Crippen molar-refractivity contribution in [3.05, 3.63) is 69.3 Å². The molecule has 7 heteroatoms. The number of aryl methyl sites for hydroxylation is 1. The molecule has 0 aromatic heterocycles. The van der Waals surface area contributed by atoms with Crippen LogP contribution in [0.1, 0.15) is 28.4 Å². The third kappa shape index (κ3) is 4.39. The second-order valence-electron chi connectivity index (χ2n) is 5.32. The summed E-state index contributed by atoms with van der Waals surface area (Å²) in [5.41, 5.74) is 2.36. The highest BCUT2D eigenvalue weighted by Gasteiger charge is 2.13. The molecule has 0 radical (unpaired) electrons. The summed E-state index contributed by atoms with van der Waals surface area (Å²) in [5.74, 6) is -0.481. The molecule has 0 spiro atoms. The van der Waals surface area contributed by atoms with Crippen LogP contribution in [0.4, 0.5) is 11.4 Å². The number of nitrogens with one attached hydrogen (secondary N) is 2. The summed E-state index contributed by atoms with van der Waals surface area (Å²) < 4.78 is 0. The first kappa shape index (κ1) is 17.1. The van der Waals surface area contributed by atoms with E-state index in [9.17, 15) is 19.7 Å². The molecule has 2 aromatic carbocycles. The minimum Gasteiger partial charge on any atom is -0.348 e. The molecule has 0 atom stereocenters. The Morgan fingerprint density at radius 3 is 2.54 bits per heavy atom. The fraction of sp³-hybridized carbons (Fsp3) is 0.176. The number of anilines is 1. The molecule has 0 saturated carbocycles. The molecule has 0 unspecified atom stereocenters. The van der Waals surface area contributed by atoms with Gasteiger partial charge in [-0.15, -0.1) is 0 Å². The lowest BCUT2D eigenvalue weighted by molar-refractivity contribution is -0.384. The molecule has 0 aliphatic carbocycles. The summed E-state index contributed by atoms with van der Waals surface area (Å²) in [6, 6.07) is 11.2. The molecule has 2 N–H and O–H groups in total. The standard InChI is InChI=1S/C17H17N3O4/c1-11-8-15(20(23)24)6-7-16(11)17(22)18-10-13-4-3-5-14(9-13)19-12(2)21/h3-9H,10H2,1-2H3,(H,18,22)(H,19,21). The van der Waals surface area contributed by atoms with Crippen molar-refractivity contribution in [1.29, 1.82) is 0 Å². The van der Waals surface area contributed by atoms with Crippen molar-refractivity contribution >= 4 is 23.2 Å². The van der Waals surface area contributed by atoms with E-state index in [1.165, 1.54) is 25.1 Å². The molecule has 0 heterocycles. The Kier molecular flexibility index (Phi) is 5.26. The number of nitrogens with zero attached hydrogens (tertiary/aromatic N) is 1. The van der Waals surface area contributed by atoms with Crippen LogP contribution in [0.2, 0.25) is 0 Å². The number of carbonyl (C=O) groups excluding carboxylic acids is 2. The van der Waals surface area contributed by atoms with Gasteiger partial charge < -0.3 is 10.6 Å². The van der Waals surface area contributed by atoms with Gasteiger partial charge in [0.1, 0.15) is 0 Å². The van der Waals surface area contributed by atoms with E-state index in [2.05, 4.69) is 10.6 Å². The van der Waals surface area contributed by atoms with Crippen LogP contribution in [-0.4, -0.2) is 16.7 Å². The smallest absolute Gasteiger partial charge is 0.269 e. The highest BCUT2D eigenvalue weighted by Crippen LogP contribution is 2.17. The molecule has 2 rings (SSSR count). The maximum Gasteiger partial charge on any atom is 0.269 e. The third-order valence-electron chi connectivity index (χ3n) is 3.37. The number of non-ortho nitro benzene ring substituents is 1. The maximum absolute atomic E-state index is 12.2. The number of hydrogen-bond acceptors (Lipinski definition) is 4. The van der Waals surface area contributed by atoms with E-state index in [0.29, 0.717) is 16.8 Å². The second-order valence-corrected chi connectivity index (χ2v) is 5.32. The van der Waals surface area contributed by atoms with Gasteiger partial charge in [0.05, 0.1) is 4.92 Å². The van der Waals surface area contributed by atoms with Crippen LogP contribution in [0, 0.1) is 17.0 Å². The second kappa shape index (κ2) is 7.36. The van der Waals surface area contributed by atoms with Crippen molar-refractivity contribution in [1.82, 2.24) is 5.32 Å². The van der Waals surface area contributed by atoms with Crippen LogP contribution < -0.4 is 10.6 Å². The molecule has 0 aliphatic rings. The van der Waals surface area contributed by atoms with E-state index in [1.807, 2.05) is 6.07 Å². The Morgan fingerprint density at radius 1 is 1.17 bits per heavy atom. The molecular weight excluding hydrogens is 310 g/mol. The Morgan fingerprint density at radius 2 is 1.92 bits per heavy atom. The molecule has 2 aromatic rings. The first-order valence-corrected chi connectivity index (χ1v) is 7.26. The van der Waals surface area contributed by atoms with Crippen molar-refractivity contribution in [2.24, 2.45) is 0 Å². The van der Waals surface area contributed by atoms with E-state index in [0.717, 1.165) is 5.56 Å². The van der Waals surface area contributed by atoms with Gasteiger partial charge in [0.2, 0.25) is 5.91 Å². The van der Waals surface area contributed by atoms with Crippen molar-refractivity contribution in [2.75, 3.05) is 5.32 Å². The number of hydrogen-bond donors (Lipinski definition) is 2. The zero-order valence-electron chi connectivity index (χ0n) is 13.3. The number of amides is 2. The normalized spacial score (nSPS) is 10.1. The van der Waals surface area contributed by atoms with Crippen LogP contribution >= 0.6 is 0 Å². The van der Waals surface area contributed by atoms with E-state index in [1.54, 1.807) is 25.1 Å². The van der Waals surface area contributed by atoms with Crippen LogP contribution in [0.25, 0.3) is 0 Å². The van der Waals surface area contributed by atoms with Gasteiger partial charge in [-0.05, 0) is 36.2 Å². The fourth-order valence-corrected chi connectivity index (χ4v) is 2.26. The number of carbonyl (C=O) groups is 2. The van der Waals surface area contributed by atoms with Crippen LogP contribution in [-0.2, 0) is 11.3 Å². The summed E-state index contributed by atoms with van der Waals surface area (Å²) in [6.07, 6.45) is 0. The predicted octanol–water partition coefficient (Wildman–Crippen LogP) is 2.79. The van der Waals surface area contributed by atoms with Crippen molar-refractivity contribution in [3.63, 3.8) is 0 Å². The molecule has 0 fully saturated rings. The van der Waals surface area contributed by atoms with Gasteiger partial charge in [-0.25, -0.2) is 0 Å². The third-order valence-corrected chi connectivity index (χ3v) is 3.37. The number of rotatable bonds is 5. The van der Waals surface area contributed by atoms with E-state index in [4.69, 9.17) is 0 Å². The highest BCUT2D eigenvalue weighted by molar-refractivity contribution is 5.95. The van der Waals surface area contributed by atoms with Gasteiger partial charge >= 0.3 is 0 Å². The van der Waals surface area contributed by atoms with Crippen molar-refractivity contribution in [3.8, 4) is 0 Å². The lowest BCUT2D eigenvalue weighted by atomic mass is 10.1. The molecule has 7 nitrogen and oxygen atoms in total. The number of nitro groups is 1. The minimum absolute atomic E-state index is 0.0490. The zero-order valence-corrected chi connectivity index (χ0v) is 13.3. The van der Waals surface area contributed by atoms with Crippen molar-refractivity contribution < 1.29 is 14.5 Å². The first-order chi connectivity index (χ1) is 11.4. The van der Waals surface area contributed by atoms with Crippen molar-refractivity contribution in [2.45, 2.75) is 20.4 Å². The summed E-state index contributed by atoms with van der Waals surface area (Å²) in [6.45, 7) is 3.35. The molecule has 0 saturated heterocycles. The quantitative estimate of drug-likeness (QED) is 0.651. The SMILES string of the molecule is CC(=O)Nc1cccc(CNC(=O)c2ccc([N+](=O)[O-])cc2C)c1. The minimum atomic E-state index is -0.498. The van der Waals surface area contributed by atoms with Gasteiger partial charge in [0.15, 0.2) is 0 Å². The average Bonchev–Trinajstić information content (AvgIpc) is 2.52. The fourth-order valence-electron chi connectivity index (χ4n) is 2.26. The van der Waals surface area contributed by atoms with E-state index >= 15 is 0 Å². The maximum atomic E-state index is 12.2. The molecule has 0 bridgehead atoms. The highest BCUT2D eigenvalue weighted by atomic mass is 16.6. The van der Waals surface area contributed by atoms with Crippen LogP contribution in [0.3, 0.4) is 0 Å². The van der Waals surface area contributed by atoms with Gasteiger partial charge in [0.25, 0.3) is 11.6 Å². The Labute approximate surface area is 138 Å². The number of nitro benzene ring substituents is 1. The van der Waals surface area contributed by atoms with E-state index in [-0.39, 0.29) is 24.0 Å². The molecular formula is C17H17N3O4. The Balaban J connectivity index is 2.05. The summed E-state index contributed by atoms with van der Waals surface area (Å²) in [4.78, 5) is 33.5. The molecule has 124 valence electrons. The van der Waals surface area contributed by atoms with Gasteiger partial charge in [-0.3, -0.25) is 19.7 Å². The molecule has 24 heavy (non-hydrogen) atoms. The van der Waals surface area contributed by atoms with Gasteiger partial charge in [0, 0.05) is 36.9 Å². The summed E-state index contributed by atoms with van der Waals surface area (Å²) in [5, 5.41) is 16.2. The number of benzene rings is 2. The van der Waals surface area contributed by atoms with E-state index < -0.39 is 4.92 Å². The van der Waals surface area contributed by atoms with Gasteiger partial charge in [-0.1, -0.05) is 12.1 Å². The lowest BCUT2D eigenvalue weighted by Gasteiger charge is -2.09.